The molecule has 1 atom stereocenters. The van der Waals surface area contributed by atoms with Crippen LogP contribution in [0, 0.1) is 0 Å². The summed E-state index contributed by atoms with van der Waals surface area (Å²) in [4.78, 5) is 0. The predicted octanol–water partition coefficient (Wildman–Crippen LogP) is 4.52. The van der Waals surface area contributed by atoms with E-state index >= 15 is 0 Å². The van der Waals surface area contributed by atoms with Crippen molar-refractivity contribution in [2.24, 2.45) is 0 Å². The maximum absolute atomic E-state index is 5.60. The van der Waals surface area contributed by atoms with E-state index in [0.717, 1.165) is 22.5 Å². The van der Waals surface area contributed by atoms with E-state index in [-0.39, 0.29) is 0 Å². The lowest BCUT2D eigenvalue weighted by Crippen LogP contribution is -2.25. The zero-order chi connectivity index (χ0) is 15.0. The summed E-state index contributed by atoms with van der Waals surface area (Å²) in [6.45, 7) is 7.89. The van der Waals surface area contributed by atoms with Gasteiger partial charge in [0.15, 0.2) is 11.5 Å². The van der Waals surface area contributed by atoms with Gasteiger partial charge in [-0.1, -0.05) is 19.8 Å². The highest BCUT2D eigenvalue weighted by molar-refractivity contribution is 9.10. The summed E-state index contributed by atoms with van der Waals surface area (Å²) in [6.07, 6.45) is 3.73. The van der Waals surface area contributed by atoms with Gasteiger partial charge in [0, 0.05) is 12.6 Å². The van der Waals surface area contributed by atoms with Crippen LogP contribution in [0.15, 0.2) is 16.6 Å². The monoisotopic (exact) mass is 343 g/mol. The van der Waals surface area contributed by atoms with Crippen molar-refractivity contribution in [3.05, 3.63) is 22.2 Å². The number of halogens is 1. The number of benzene rings is 1. The average molecular weight is 344 g/mol. The molecule has 0 radical (unpaired) electrons. The fourth-order valence-electron chi connectivity index (χ4n) is 2.06. The summed E-state index contributed by atoms with van der Waals surface area (Å²) >= 11 is 3.56. The van der Waals surface area contributed by atoms with Gasteiger partial charge in [0.25, 0.3) is 0 Å². The van der Waals surface area contributed by atoms with E-state index in [4.69, 9.17) is 9.47 Å². The maximum atomic E-state index is 5.60. The lowest BCUT2D eigenvalue weighted by atomic mass is 10.1. The van der Waals surface area contributed by atoms with Gasteiger partial charge in [0.05, 0.1) is 18.2 Å². The van der Waals surface area contributed by atoms with Gasteiger partial charge in [0.1, 0.15) is 0 Å². The third-order valence-electron chi connectivity index (χ3n) is 3.22. The molecule has 0 aliphatic rings. The third kappa shape index (κ3) is 5.33. The van der Waals surface area contributed by atoms with Crippen molar-refractivity contribution in [1.82, 2.24) is 5.32 Å². The Balaban J connectivity index is 2.69. The topological polar surface area (TPSA) is 30.5 Å². The van der Waals surface area contributed by atoms with E-state index < -0.39 is 0 Å². The molecule has 1 N–H and O–H groups in total. The van der Waals surface area contributed by atoms with Crippen LogP contribution in [0.5, 0.6) is 11.5 Å². The fourth-order valence-corrected chi connectivity index (χ4v) is 2.67. The van der Waals surface area contributed by atoms with Gasteiger partial charge in [-0.3, -0.25) is 0 Å². The van der Waals surface area contributed by atoms with Crippen molar-refractivity contribution in [2.45, 2.75) is 52.6 Å². The van der Waals surface area contributed by atoms with Crippen LogP contribution >= 0.6 is 15.9 Å². The van der Waals surface area contributed by atoms with E-state index in [9.17, 15) is 0 Å². The minimum atomic E-state index is 0.534. The highest BCUT2D eigenvalue weighted by Crippen LogP contribution is 2.36. The Morgan fingerprint density at radius 1 is 1.30 bits per heavy atom. The standard InChI is InChI=1S/C16H26BrNO2/c1-5-7-8-12(3)18-11-13-9-14(17)16(20-6-2)15(10-13)19-4/h9-10,12,18H,5-8,11H2,1-4H3. The SMILES string of the molecule is CCCCC(C)NCc1cc(Br)c(OCC)c(OC)c1. The van der Waals surface area contributed by atoms with Gasteiger partial charge in [-0.2, -0.15) is 0 Å². The Labute approximate surface area is 131 Å². The van der Waals surface area contributed by atoms with Crippen molar-refractivity contribution in [3.63, 3.8) is 0 Å². The molecule has 4 heteroatoms. The molecule has 1 rings (SSSR count). The van der Waals surface area contributed by atoms with Crippen LogP contribution in [0.25, 0.3) is 0 Å². The molecule has 1 aromatic carbocycles. The van der Waals surface area contributed by atoms with Crippen LogP contribution < -0.4 is 14.8 Å². The van der Waals surface area contributed by atoms with Gasteiger partial charge in [-0.25, -0.2) is 0 Å². The predicted molar refractivity (Wildman–Crippen MR) is 87.7 cm³/mol. The molecule has 0 spiro atoms. The second kappa shape index (κ2) is 9.24. The van der Waals surface area contributed by atoms with E-state index in [1.54, 1.807) is 7.11 Å². The Morgan fingerprint density at radius 2 is 2.05 bits per heavy atom. The minimum Gasteiger partial charge on any atom is -0.493 e. The van der Waals surface area contributed by atoms with Gasteiger partial charge in [-0.05, 0) is 53.9 Å². The quantitative estimate of drug-likeness (QED) is 0.714. The first-order chi connectivity index (χ1) is 9.62. The van der Waals surface area contributed by atoms with Crippen LogP contribution in [0.2, 0.25) is 0 Å². The molecule has 0 bridgehead atoms. The third-order valence-corrected chi connectivity index (χ3v) is 3.81. The van der Waals surface area contributed by atoms with Gasteiger partial charge >= 0.3 is 0 Å². The first-order valence-corrected chi connectivity index (χ1v) is 8.14. The normalized spacial score (nSPS) is 12.2. The molecule has 0 aromatic heterocycles. The molecule has 114 valence electrons. The summed E-state index contributed by atoms with van der Waals surface area (Å²) in [7, 11) is 1.67. The number of unbranched alkanes of at least 4 members (excludes halogenated alkanes) is 1. The Morgan fingerprint density at radius 3 is 2.65 bits per heavy atom. The molecule has 0 heterocycles. The number of methoxy groups -OCH3 is 1. The van der Waals surface area contributed by atoms with E-state index in [1.165, 1.54) is 24.8 Å². The van der Waals surface area contributed by atoms with Crippen LogP contribution in [0.3, 0.4) is 0 Å². The number of hydrogen-bond acceptors (Lipinski definition) is 3. The first-order valence-electron chi connectivity index (χ1n) is 7.34. The first kappa shape index (κ1) is 17.3. The number of rotatable bonds is 9. The van der Waals surface area contributed by atoms with Crippen LogP contribution in [-0.4, -0.2) is 19.8 Å². The van der Waals surface area contributed by atoms with Gasteiger partial charge < -0.3 is 14.8 Å². The molecular weight excluding hydrogens is 318 g/mol. The minimum absolute atomic E-state index is 0.534. The molecule has 0 saturated heterocycles. The molecule has 0 saturated carbocycles. The highest BCUT2D eigenvalue weighted by atomic mass is 79.9. The second-order valence-corrected chi connectivity index (χ2v) is 5.82. The zero-order valence-electron chi connectivity index (χ0n) is 13.0. The fraction of sp³-hybridized carbons (Fsp3) is 0.625. The van der Waals surface area contributed by atoms with E-state index in [2.05, 4.69) is 41.2 Å². The Hall–Kier alpha value is -0.740. The lowest BCUT2D eigenvalue weighted by Gasteiger charge is -2.16. The maximum Gasteiger partial charge on any atom is 0.175 e. The molecule has 0 aliphatic carbocycles. The van der Waals surface area contributed by atoms with Crippen LogP contribution in [-0.2, 0) is 6.54 Å². The molecule has 3 nitrogen and oxygen atoms in total. The van der Waals surface area contributed by atoms with Crippen molar-refractivity contribution in [1.29, 1.82) is 0 Å². The molecule has 0 fully saturated rings. The zero-order valence-corrected chi connectivity index (χ0v) is 14.5. The Kier molecular flexibility index (Phi) is 8.00. The largest absolute Gasteiger partial charge is 0.493 e. The van der Waals surface area contributed by atoms with Crippen LogP contribution in [0.1, 0.15) is 45.6 Å². The van der Waals surface area contributed by atoms with Gasteiger partial charge in [0.2, 0.25) is 0 Å². The summed E-state index contributed by atoms with van der Waals surface area (Å²) in [5, 5.41) is 3.55. The Bertz CT molecular complexity index is 410. The molecule has 0 aliphatic heterocycles. The summed E-state index contributed by atoms with van der Waals surface area (Å²) < 4.78 is 11.9. The molecular formula is C16H26BrNO2. The lowest BCUT2D eigenvalue weighted by molar-refractivity contribution is 0.308. The molecule has 1 aromatic rings. The van der Waals surface area contributed by atoms with Crippen molar-refractivity contribution in [2.75, 3.05) is 13.7 Å². The average Bonchev–Trinajstić information content (AvgIpc) is 2.45. The van der Waals surface area contributed by atoms with E-state index in [0.29, 0.717) is 12.6 Å². The number of ether oxygens (including phenoxy) is 2. The van der Waals surface area contributed by atoms with Gasteiger partial charge in [-0.15, -0.1) is 0 Å². The molecule has 1 unspecified atom stereocenters. The van der Waals surface area contributed by atoms with Crippen molar-refractivity contribution in [3.8, 4) is 11.5 Å². The second-order valence-electron chi connectivity index (χ2n) is 4.97. The number of hydrogen-bond donors (Lipinski definition) is 1. The number of nitrogens with one attached hydrogen (secondary N) is 1. The molecule has 20 heavy (non-hydrogen) atoms. The van der Waals surface area contributed by atoms with Crippen molar-refractivity contribution < 1.29 is 9.47 Å². The molecule has 0 amide bonds. The summed E-state index contributed by atoms with van der Waals surface area (Å²) in [5.74, 6) is 1.55. The smallest absolute Gasteiger partial charge is 0.175 e. The van der Waals surface area contributed by atoms with E-state index in [1.807, 2.05) is 13.0 Å². The summed E-state index contributed by atoms with van der Waals surface area (Å²) in [6, 6.07) is 4.66. The summed E-state index contributed by atoms with van der Waals surface area (Å²) in [5.41, 5.74) is 1.19. The van der Waals surface area contributed by atoms with Crippen LogP contribution in [0.4, 0.5) is 0 Å². The highest BCUT2D eigenvalue weighted by Gasteiger charge is 2.11. The van der Waals surface area contributed by atoms with Crippen molar-refractivity contribution >= 4 is 15.9 Å².